The molecule has 0 heterocycles. The van der Waals surface area contributed by atoms with Gasteiger partial charge in [-0.1, -0.05) is 53.3 Å². The molecule has 0 aliphatic heterocycles. The number of benzene rings is 1. The summed E-state index contributed by atoms with van der Waals surface area (Å²) in [5, 5.41) is 0. The van der Waals surface area contributed by atoms with E-state index in [9.17, 15) is 0 Å². The van der Waals surface area contributed by atoms with Crippen LogP contribution in [0.1, 0.15) is 63.6 Å². The van der Waals surface area contributed by atoms with Crippen molar-refractivity contribution in [3.05, 3.63) is 34.9 Å². The lowest BCUT2D eigenvalue weighted by atomic mass is 9.93. The lowest BCUT2D eigenvalue weighted by Gasteiger charge is -2.16. The monoisotopic (exact) mass is 235 g/mol. The predicted molar refractivity (Wildman–Crippen MR) is 78.7 cm³/mol. The highest BCUT2D eigenvalue weighted by Gasteiger charge is 2.07. The maximum Gasteiger partial charge on any atom is 0.0227 e. The van der Waals surface area contributed by atoms with Gasteiger partial charge in [-0.2, -0.15) is 0 Å². The van der Waals surface area contributed by atoms with E-state index in [1.54, 1.807) is 0 Å². The van der Waals surface area contributed by atoms with Crippen molar-refractivity contribution < 1.29 is 0 Å². The predicted octanol–water partition coefficient (Wildman–Crippen LogP) is 4.63. The summed E-state index contributed by atoms with van der Waals surface area (Å²) >= 11 is 0. The van der Waals surface area contributed by atoms with E-state index >= 15 is 0 Å². The first-order valence-corrected chi connectivity index (χ1v) is 6.18. The summed E-state index contributed by atoms with van der Waals surface area (Å²) in [6.45, 7) is 10.1. The van der Waals surface area contributed by atoms with Crippen molar-refractivity contribution in [2.75, 3.05) is 14.1 Å². The number of hydrogen-bond acceptors (Lipinski definition) is 1. The molecule has 0 spiro atoms. The van der Waals surface area contributed by atoms with Gasteiger partial charge in [-0.05, 0) is 42.6 Å². The summed E-state index contributed by atoms with van der Waals surface area (Å²) in [5.41, 5.74) is 4.35. The largest absolute Gasteiger partial charge is 0.305 e. The molecule has 1 aromatic rings. The molecule has 17 heavy (non-hydrogen) atoms. The first kappa shape index (κ1) is 16.2. The Labute approximate surface area is 108 Å². The van der Waals surface area contributed by atoms with Gasteiger partial charge < -0.3 is 4.90 Å². The minimum absolute atomic E-state index is 0. The van der Waals surface area contributed by atoms with Crippen LogP contribution >= 0.6 is 0 Å². The minimum atomic E-state index is 0. The van der Waals surface area contributed by atoms with Gasteiger partial charge in [0.25, 0.3) is 0 Å². The molecule has 0 amide bonds. The number of rotatable bonds is 4. The van der Waals surface area contributed by atoms with Gasteiger partial charge in [0.1, 0.15) is 0 Å². The van der Waals surface area contributed by atoms with E-state index in [1.165, 1.54) is 16.7 Å². The summed E-state index contributed by atoms with van der Waals surface area (Å²) < 4.78 is 0. The van der Waals surface area contributed by atoms with E-state index in [0.717, 1.165) is 6.54 Å². The standard InChI is InChI=1S/C15H25N.CH4/c1-11(2)14-7-13(10-16(5)6)8-15(9-14)12(3)4;/h7-9,11-12H,10H2,1-6H3;1H4. The molecule has 0 saturated heterocycles. The SMILES string of the molecule is C.CC(C)c1cc(CN(C)C)cc(C(C)C)c1. The van der Waals surface area contributed by atoms with Crippen molar-refractivity contribution in [1.29, 1.82) is 0 Å². The topological polar surface area (TPSA) is 3.24 Å². The van der Waals surface area contributed by atoms with Gasteiger partial charge in [-0.25, -0.2) is 0 Å². The molecule has 0 radical (unpaired) electrons. The smallest absolute Gasteiger partial charge is 0.0227 e. The molecule has 0 aliphatic rings. The molecule has 0 unspecified atom stereocenters. The minimum Gasteiger partial charge on any atom is -0.305 e. The highest BCUT2D eigenvalue weighted by Crippen LogP contribution is 2.23. The van der Waals surface area contributed by atoms with Crippen LogP contribution in [0.25, 0.3) is 0 Å². The van der Waals surface area contributed by atoms with Crippen LogP contribution in [0.2, 0.25) is 0 Å². The van der Waals surface area contributed by atoms with Gasteiger partial charge in [0.2, 0.25) is 0 Å². The zero-order chi connectivity index (χ0) is 12.3. The molecule has 1 rings (SSSR count). The third-order valence-electron chi connectivity index (χ3n) is 2.87. The van der Waals surface area contributed by atoms with E-state index in [1.807, 2.05) is 0 Å². The van der Waals surface area contributed by atoms with E-state index in [2.05, 4.69) is 64.9 Å². The second-order valence-corrected chi connectivity index (χ2v) is 5.56. The van der Waals surface area contributed by atoms with Crippen LogP contribution in [-0.2, 0) is 6.54 Å². The van der Waals surface area contributed by atoms with Gasteiger partial charge in [-0.3, -0.25) is 0 Å². The number of hydrogen-bond donors (Lipinski definition) is 0. The van der Waals surface area contributed by atoms with Crippen molar-refractivity contribution >= 4 is 0 Å². The van der Waals surface area contributed by atoms with Crippen molar-refractivity contribution in [1.82, 2.24) is 4.90 Å². The van der Waals surface area contributed by atoms with Crippen molar-refractivity contribution in [2.45, 2.75) is 53.5 Å². The van der Waals surface area contributed by atoms with E-state index < -0.39 is 0 Å². The van der Waals surface area contributed by atoms with Crippen LogP contribution in [0, 0.1) is 0 Å². The second-order valence-electron chi connectivity index (χ2n) is 5.56. The molecule has 1 nitrogen and oxygen atoms in total. The van der Waals surface area contributed by atoms with Crippen LogP contribution in [0.4, 0.5) is 0 Å². The lowest BCUT2D eigenvalue weighted by molar-refractivity contribution is 0.402. The Bertz CT molecular complexity index is 311. The Morgan fingerprint density at radius 1 is 0.882 bits per heavy atom. The third-order valence-corrected chi connectivity index (χ3v) is 2.87. The molecule has 1 aromatic carbocycles. The fourth-order valence-electron chi connectivity index (χ4n) is 1.87. The Kier molecular flexibility index (Phi) is 6.48. The summed E-state index contributed by atoms with van der Waals surface area (Å²) in [4.78, 5) is 2.23. The molecule has 1 heteroatoms. The zero-order valence-electron chi connectivity index (χ0n) is 11.5. The molecule has 0 fully saturated rings. The van der Waals surface area contributed by atoms with Crippen LogP contribution in [0.3, 0.4) is 0 Å². The average Bonchev–Trinajstić information content (AvgIpc) is 2.15. The summed E-state index contributed by atoms with van der Waals surface area (Å²) in [6.07, 6.45) is 0. The van der Waals surface area contributed by atoms with Gasteiger partial charge in [0, 0.05) is 6.54 Å². The fraction of sp³-hybridized carbons (Fsp3) is 0.625. The second kappa shape index (κ2) is 6.80. The van der Waals surface area contributed by atoms with Gasteiger partial charge in [-0.15, -0.1) is 0 Å². The highest BCUT2D eigenvalue weighted by molar-refractivity contribution is 5.33. The van der Waals surface area contributed by atoms with Crippen molar-refractivity contribution in [3.8, 4) is 0 Å². The van der Waals surface area contributed by atoms with Crippen molar-refractivity contribution in [3.63, 3.8) is 0 Å². The number of nitrogens with zero attached hydrogens (tertiary/aromatic N) is 1. The molecule has 0 N–H and O–H groups in total. The fourth-order valence-corrected chi connectivity index (χ4v) is 1.87. The summed E-state index contributed by atoms with van der Waals surface area (Å²) in [5.74, 6) is 1.22. The van der Waals surface area contributed by atoms with Gasteiger partial charge in [0.15, 0.2) is 0 Å². The molecule has 0 saturated carbocycles. The quantitative estimate of drug-likeness (QED) is 0.735. The van der Waals surface area contributed by atoms with Gasteiger partial charge >= 0.3 is 0 Å². The van der Waals surface area contributed by atoms with Crippen LogP contribution in [-0.4, -0.2) is 19.0 Å². The van der Waals surface area contributed by atoms with E-state index in [0.29, 0.717) is 11.8 Å². The zero-order valence-corrected chi connectivity index (χ0v) is 11.5. The Balaban J connectivity index is 0.00000256. The molecule has 0 bridgehead atoms. The molecular formula is C16H29N. The Hall–Kier alpha value is -0.820. The first-order valence-electron chi connectivity index (χ1n) is 6.18. The molecule has 0 atom stereocenters. The maximum atomic E-state index is 2.36. The molecule has 0 aromatic heterocycles. The van der Waals surface area contributed by atoms with Crippen LogP contribution in [0.15, 0.2) is 18.2 Å². The average molecular weight is 235 g/mol. The normalized spacial score (nSPS) is 11.1. The Morgan fingerprint density at radius 3 is 1.59 bits per heavy atom. The summed E-state index contributed by atoms with van der Waals surface area (Å²) in [7, 11) is 4.24. The van der Waals surface area contributed by atoms with E-state index in [4.69, 9.17) is 0 Å². The first-order chi connectivity index (χ1) is 7.40. The highest BCUT2D eigenvalue weighted by atomic mass is 15.0. The van der Waals surface area contributed by atoms with Gasteiger partial charge in [0.05, 0.1) is 0 Å². The third kappa shape index (κ3) is 4.91. The van der Waals surface area contributed by atoms with Crippen molar-refractivity contribution in [2.24, 2.45) is 0 Å². The van der Waals surface area contributed by atoms with Crippen LogP contribution < -0.4 is 0 Å². The molecular weight excluding hydrogens is 206 g/mol. The van der Waals surface area contributed by atoms with E-state index in [-0.39, 0.29) is 7.43 Å². The molecule has 98 valence electrons. The molecule has 0 aliphatic carbocycles. The lowest BCUT2D eigenvalue weighted by Crippen LogP contribution is -2.11. The Morgan fingerprint density at radius 2 is 1.29 bits per heavy atom. The maximum absolute atomic E-state index is 2.36. The summed E-state index contributed by atoms with van der Waals surface area (Å²) in [6, 6.07) is 7.04. The van der Waals surface area contributed by atoms with Crippen LogP contribution in [0.5, 0.6) is 0 Å².